The summed E-state index contributed by atoms with van der Waals surface area (Å²) < 4.78 is 10.7. The van der Waals surface area contributed by atoms with Crippen LogP contribution in [-0.4, -0.2) is 44.3 Å². The van der Waals surface area contributed by atoms with E-state index in [-0.39, 0.29) is 0 Å². The van der Waals surface area contributed by atoms with Gasteiger partial charge in [0.25, 0.3) is 0 Å². The first kappa shape index (κ1) is 16.5. The van der Waals surface area contributed by atoms with E-state index in [4.69, 9.17) is 14.5 Å². The summed E-state index contributed by atoms with van der Waals surface area (Å²) in [5.41, 5.74) is 1.22. The first-order valence-corrected chi connectivity index (χ1v) is 8.12. The van der Waals surface area contributed by atoms with Gasteiger partial charge in [-0.05, 0) is 37.5 Å². The fourth-order valence-corrected chi connectivity index (χ4v) is 2.36. The number of benzene rings is 1. The molecule has 0 radical (unpaired) electrons. The van der Waals surface area contributed by atoms with E-state index in [2.05, 4.69) is 37.2 Å². The van der Waals surface area contributed by atoms with Crippen LogP contribution in [0.3, 0.4) is 0 Å². The molecule has 0 aromatic heterocycles. The SMILES string of the molecule is CCCCN(C)C(=NCCc1ccc2c(c1)OCO2)NCC. The molecule has 1 N–H and O–H groups in total. The molecular weight excluding hydrogens is 278 g/mol. The lowest BCUT2D eigenvalue weighted by Gasteiger charge is -2.21. The Hall–Kier alpha value is -1.91. The summed E-state index contributed by atoms with van der Waals surface area (Å²) in [6, 6.07) is 6.10. The molecule has 0 unspecified atom stereocenters. The number of rotatable bonds is 7. The van der Waals surface area contributed by atoms with Gasteiger partial charge in [-0.1, -0.05) is 19.4 Å². The molecule has 0 spiro atoms. The topological polar surface area (TPSA) is 46.1 Å². The summed E-state index contributed by atoms with van der Waals surface area (Å²) in [7, 11) is 2.09. The van der Waals surface area contributed by atoms with Crippen LogP contribution in [0.4, 0.5) is 0 Å². The standard InChI is InChI=1S/C17H27N3O2/c1-4-6-11-20(3)17(18-5-2)19-10-9-14-7-8-15-16(12-14)22-13-21-15/h7-8,12H,4-6,9-11,13H2,1-3H3,(H,18,19). The Morgan fingerprint density at radius 1 is 1.27 bits per heavy atom. The second-order valence-corrected chi connectivity index (χ2v) is 5.45. The molecule has 2 rings (SSSR count). The summed E-state index contributed by atoms with van der Waals surface area (Å²) in [6.45, 7) is 7.31. The quantitative estimate of drug-likeness (QED) is 0.621. The summed E-state index contributed by atoms with van der Waals surface area (Å²) in [5.74, 6) is 2.66. The van der Waals surface area contributed by atoms with Crippen molar-refractivity contribution in [3.63, 3.8) is 0 Å². The van der Waals surface area contributed by atoms with Crippen LogP contribution in [0.1, 0.15) is 32.3 Å². The van der Waals surface area contributed by atoms with Crippen LogP contribution in [0.25, 0.3) is 0 Å². The minimum absolute atomic E-state index is 0.323. The molecule has 0 atom stereocenters. The molecule has 0 amide bonds. The van der Waals surface area contributed by atoms with E-state index in [0.29, 0.717) is 6.79 Å². The van der Waals surface area contributed by atoms with Gasteiger partial charge in [-0.15, -0.1) is 0 Å². The Bertz CT molecular complexity index is 503. The van der Waals surface area contributed by atoms with E-state index >= 15 is 0 Å². The number of fused-ring (bicyclic) bond motifs is 1. The number of hydrogen-bond donors (Lipinski definition) is 1. The molecule has 0 saturated heterocycles. The van der Waals surface area contributed by atoms with Crippen molar-refractivity contribution < 1.29 is 9.47 Å². The molecule has 1 aliphatic heterocycles. The molecule has 1 heterocycles. The third kappa shape index (κ3) is 4.55. The minimum Gasteiger partial charge on any atom is -0.454 e. The van der Waals surface area contributed by atoms with Gasteiger partial charge in [-0.25, -0.2) is 0 Å². The molecule has 0 bridgehead atoms. The molecule has 1 aromatic rings. The normalized spacial score (nSPS) is 13.3. The molecule has 122 valence electrons. The van der Waals surface area contributed by atoms with Crippen molar-refractivity contribution in [3.05, 3.63) is 23.8 Å². The maximum Gasteiger partial charge on any atom is 0.231 e. The highest BCUT2D eigenvalue weighted by Crippen LogP contribution is 2.32. The molecule has 0 saturated carbocycles. The Morgan fingerprint density at radius 2 is 2.09 bits per heavy atom. The summed E-state index contributed by atoms with van der Waals surface area (Å²) in [4.78, 5) is 6.92. The van der Waals surface area contributed by atoms with E-state index in [9.17, 15) is 0 Å². The largest absolute Gasteiger partial charge is 0.454 e. The van der Waals surface area contributed by atoms with Crippen LogP contribution >= 0.6 is 0 Å². The van der Waals surface area contributed by atoms with Gasteiger partial charge in [0.2, 0.25) is 6.79 Å². The van der Waals surface area contributed by atoms with Crippen LogP contribution in [-0.2, 0) is 6.42 Å². The van der Waals surface area contributed by atoms with Gasteiger partial charge < -0.3 is 19.7 Å². The lowest BCUT2D eigenvalue weighted by Crippen LogP contribution is -2.39. The zero-order valence-electron chi connectivity index (χ0n) is 13.9. The Morgan fingerprint density at radius 3 is 2.86 bits per heavy atom. The van der Waals surface area contributed by atoms with Crippen molar-refractivity contribution in [2.75, 3.05) is 33.5 Å². The second-order valence-electron chi connectivity index (χ2n) is 5.45. The van der Waals surface area contributed by atoms with Gasteiger partial charge in [0.1, 0.15) is 0 Å². The molecule has 1 aliphatic rings. The molecule has 0 aliphatic carbocycles. The van der Waals surface area contributed by atoms with Crippen molar-refractivity contribution in [1.82, 2.24) is 10.2 Å². The van der Waals surface area contributed by atoms with Crippen molar-refractivity contribution >= 4 is 5.96 Å². The van der Waals surface area contributed by atoms with Crippen molar-refractivity contribution in [3.8, 4) is 11.5 Å². The number of guanidine groups is 1. The number of unbranched alkanes of at least 4 members (excludes halogenated alkanes) is 1. The molecule has 22 heavy (non-hydrogen) atoms. The van der Waals surface area contributed by atoms with Gasteiger partial charge in [-0.2, -0.15) is 0 Å². The van der Waals surface area contributed by atoms with Crippen LogP contribution in [0.5, 0.6) is 11.5 Å². The second kappa shape index (κ2) is 8.51. The van der Waals surface area contributed by atoms with Crippen molar-refractivity contribution in [2.45, 2.75) is 33.1 Å². The van der Waals surface area contributed by atoms with Crippen LogP contribution in [0, 0.1) is 0 Å². The van der Waals surface area contributed by atoms with E-state index < -0.39 is 0 Å². The monoisotopic (exact) mass is 305 g/mol. The van der Waals surface area contributed by atoms with E-state index in [0.717, 1.165) is 43.5 Å². The summed E-state index contributed by atoms with van der Waals surface area (Å²) >= 11 is 0. The third-order valence-corrected chi connectivity index (χ3v) is 3.64. The first-order chi connectivity index (χ1) is 10.7. The maximum absolute atomic E-state index is 5.41. The fraction of sp³-hybridized carbons (Fsp3) is 0.588. The van der Waals surface area contributed by atoms with Crippen molar-refractivity contribution in [1.29, 1.82) is 0 Å². The number of aliphatic imine (C=N–C) groups is 1. The maximum atomic E-state index is 5.41. The Labute approximate surface area is 133 Å². The van der Waals surface area contributed by atoms with Gasteiger partial charge in [0, 0.05) is 26.7 Å². The van der Waals surface area contributed by atoms with Gasteiger partial charge in [0.15, 0.2) is 17.5 Å². The van der Waals surface area contributed by atoms with Gasteiger partial charge in [-0.3, -0.25) is 4.99 Å². The highest BCUT2D eigenvalue weighted by atomic mass is 16.7. The van der Waals surface area contributed by atoms with E-state index in [1.807, 2.05) is 12.1 Å². The van der Waals surface area contributed by atoms with Gasteiger partial charge >= 0.3 is 0 Å². The molecule has 5 heteroatoms. The highest BCUT2D eigenvalue weighted by molar-refractivity contribution is 5.79. The Balaban J connectivity index is 1.90. The predicted molar refractivity (Wildman–Crippen MR) is 89.8 cm³/mol. The van der Waals surface area contributed by atoms with Crippen LogP contribution < -0.4 is 14.8 Å². The minimum atomic E-state index is 0.323. The highest BCUT2D eigenvalue weighted by Gasteiger charge is 2.13. The number of hydrogen-bond acceptors (Lipinski definition) is 3. The lowest BCUT2D eigenvalue weighted by atomic mass is 10.1. The molecular formula is C17H27N3O2. The smallest absolute Gasteiger partial charge is 0.231 e. The molecule has 1 aromatic carbocycles. The molecule has 0 fully saturated rings. The van der Waals surface area contributed by atoms with E-state index in [1.165, 1.54) is 18.4 Å². The Kier molecular flexibility index (Phi) is 6.37. The summed E-state index contributed by atoms with van der Waals surface area (Å²) in [6.07, 6.45) is 3.27. The van der Waals surface area contributed by atoms with Crippen LogP contribution in [0.2, 0.25) is 0 Å². The summed E-state index contributed by atoms with van der Waals surface area (Å²) in [5, 5.41) is 3.35. The average Bonchev–Trinajstić information content (AvgIpc) is 2.99. The number of nitrogens with one attached hydrogen (secondary N) is 1. The average molecular weight is 305 g/mol. The lowest BCUT2D eigenvalue weighted by molar-refractivity contribution is 0.174. The first-order valence-electron chi connectivity index (χ1n) is 8.12. The zero-order valence-corrected chi connectivity index (χ0v) is 13.9. The number of ether oxygens (including phenoxy) is 2. The fourth-order valence-electron chi connectivity index (χ4n) is 2.36. The zero-order chi connectivity index (χ0) is 15.8. The molecule has 5 nitrogen and oxygen atoms in total. The predicted octanol–water partition coefficient (Wildman–Crippen LogP) is 2.66. The van der Waals surface area contributed by atoms with Gasteiger partial charge in [0.05, 0.1) is 0 Å². The van der Waals surface area contributed by atoms with E-state index in [1.54, 1.807) is 0 Å². The van der Waals surface area contributed by atoms with Crippen LogP contribution in [0.15, 0.2) is 23.2 Å². The van der Waals surface area contributed by atoms with Crippen molar-refractivity contribution in [2.24, 2.45) is 4.99 Å². The third-order valence-electron chi connectivity index (χ3n) is 3.64. The number of nitrogens with zero attached hydrogens (tertiary/aromatic N) is 2.